The second-order valence-electron chi connectivity index (χ2n) is 21.1. The van der Waals surface area contributed by atoms with Gasteiger partial charge in [-0.1, -0.05) is 234 Å². The molecule has 424 valence electrons. The molecule has 0 spiro atoms. The fourth-order valence-corrected chi connectivity index (χ4v) is 9.17. The van der Waals surface area contributed by atoms with Gasteiger partial charge in [-0.25, -0.2) is 0 Å². The number of unbranched alkanes of at least 4 members (excludes halogenated alkanes) is 33. The van der Waals surface area contributed by atoms with Crippen molar-refractivity contribution in [2.75, 3.05) is 59.3 Å². The van der Waals surface area contributed by atoms with Crippen LogP contribution in [0.3, 0.4) is 0 Å². The summed E-state index contributed by atoms with van der Waals surface area (Å²) in [5.41, 5.74) is 0. The Labute approximate surface area is 442 Å². The van der Waals surface area contributed by atoms with Crippen molar-refractivity contribution in [2.24, 2.45) is 0 Å². The van der Waals surface area contributed by atoms with Crippen LogP contribution in [0, 0.1) is 0 Å². The molecule has 0 atom stereocenters. The highest BCUT2D eigenvalue weighted by Crippen LogP contribution is 2.16. The van der Waals surface area contributed by atoms with Gasteiger partial charge in [0.1, 0.15) is 0 Å². The Bertz CT molecular complexity index is 931. The summed E-state index contributed by atoms with van der Waals surface area (Å²) in [7, 11) is 0. The van der Waals surface area contributed by atoms with Gasteiger partial charge < -0.3 is 33.3 Å². The predicted molar refractivity (Wildman–Crippen MR) is 301 cm³/mol. The third kappa shape index (κ3) is 54.8. The van der Waals surface area contributed by atoms with Gasteiger partial charge >= 0.3 is 11.9 Å². The van der Waals surface area contributed by atoms with E-state index >= 15 is 0 Å². The standard InChI is InChI=1S/C62H123NO8/c1-6-11-16-20-24-32-42-55-68-61(69-56-43-33-25-21-17-12-7-2)48-46-59(64)66-53-40-36-28-30-38-51-63(50-15-10-5)52-39-31-29-37-41-54-67-60(65)47-49-62(70-57-44-34-26-22-18-13-8-3)71-58-45-35-27-23-19-14-9-4/h61-62H,6-58H2,1-5H3. The molecule has 0 aliphatic heterocycles. The summed E-state index contributed by atoms with van der Waals surface area (Å²) in [4.78, 5) is 28.0. The van der Waals surface area contributed by atoms with E-state index in [1.165, 1.54) is 225 Å². The van der Waals surface area contributed by atoms with Gasteiger partial charge in [-0.2, -0.15) is 0 Å². The Morgan fingerprint density at radius 1 is 0.282 bits per heavy atom. The van der Waals surface area contributed by atoms with E-state index in [4.69, 9.17) is 28.4 Å². The highest BCUT2D eigenvalue weighted by Gasteiger charge is 2.15. The lowest BCUT2D eigenvalue weighted by atomic mass is 10.1. The molecular weight excluding hydrogens is 887 g/mol. The molecule has 0 bridgehead atoms. The second-order valence-corrected chi connectivity index (χ2v) is 21.1. The van der Waals surface area contributed by atoms with Gasteiger partial charge in [0.25, 0.3) is 0 Å². The van der Waals surface area contributed by atoms with Crippen LogP contribution in [0.5, 0.6) is 0 Å². The van der Waals surface area contributed by atoms with Crippen LogP contribution < -0.4 is 0 Å². The lowest BCUT2D eigenvalue weighted by Crippen LogP contribution is -2.27. The highest BCUT2D eigenvalue weighted by atomic mass is 16.7. The molecule has 9 nitrogen and oxygen atoms in total. The first kappa shape index (κ1) is 69.7. The first-order valence-corrected chi connectivity index (χ1v) is 31.5. The van der Waals surface area contributed by atoms with Crippen LogP contribution in [0.15, 0.2) is 0 Å². The molecule has 0 aromatic heterocycles. The molecular formula is C62H123NO8. The molecule has 0 aromatic rings. The first-order chi connectivity index (χ1) is 35.0. The minimum Gasteiger partial charge on any atom is -0.466 e. The van der Waals surface area contributed by atoms with Gasteiger partial charge in [-0.3, -0.25) is 9.59 Å². The Morgan fingerprint density at radius 3 is 0.789 bits per heavy atom. The maximum atomic E-state index is 12.6. The molecule has 71 heavy (non-hydrogen) atoms. The number of rotatable bonds is 61. The lowest BCUT2D eigenvalue weighted by molar-refractivity contribution is -0.159. The van der Waals surface area contributed by atoms with Crippen molar-refractivity contribution in [1.82, 2.24) is 4.90 Å². The van der Waals surface area contributed by atoms with Gasteiger partial charge in [0, 0.05) is 39.3 Å². The summed E-state index contributed by atoms with van der Waals surface area (Å²) >= 11 is 0. The molecule has 0 saturated carbocycles. The average molecular weight is 1010 g/mol. The summed E-state index contributed by atoms with van der Waals surface area (Å²) in [6, 6.07) is 0. The quantitative estimate of drug-likeness (QED) is 0.0335. The smallest absolute Gasteiger partial charge is 0.305 e. The molecule has 0 aliphatic rings. The second kappa shape index (κ2) is 59.6. The van der Waals surface area contributed by atoms with E-state index in [0.717, 1.165) is 51.4 Å². The fourth-order valence-electron chi connectivity index (χ4n) is 9.17. The van der Waals surface area contributed by atoms with Gasteiger partial charge in [0.15, 0.2) is 12.6 Å². The van der Waals surface area contributed by atoms with Crippen LogP contribution in [0.1, 0.15) is 317 Å². The van der Waals surface area contributed by atoms with Crippen molar-refractivity contribution in [2.45, 2.75) is 330 Å². The van der Waals surface area contributed by atoms with Gasteiger partial charge in [-0.15, -0.1) is 0 Å². The topological polar surface area (TPSA) is 92.8 Å². The SMILES string of the molecule is CCCCCCCCCOC(CCC(=O)OCCCCCCCN(CCCC)CCCCCCCOC(=O)CCC(OCCCCCCCCC)OCCCCCCCCC)OCCCCCCCCC. The first-order valence-electron chi connectivity index (χ1n) is 31.5. The zero-order valence-electron chi connectivity index (χ0n) is 48.3. The Kier molecular flexibility index (Phi) is 58.6. The summed E-state index contributed by atoms with van der Waals surface area (Å²) < 4.78 is 35.9. The molecule has 9 heteroatoms. The van der Waals surface area contributed by atoms with Crippen LogP contribution in [0.4, 0.5) is 0 Å². The third-order valence-electron chi connectivity index (χ3n) is 14.0. The van der Waals surface area contributed by atoms with Gasteiger partial charge in [0.05, 0.1) is 26.1 Å². The Morgan fingerprint density at radius 2 is 0.507 bits per heavy atom. The number of carbonyl (C=O) groups excluding carboxylic acids is 2. The lowest BCUT2D eigenvalue weighted by Gasteiger charge is -2.22. The minimum absolute atomic E-state index is 0.127. The number of carbonyl (C=O) groups is 2. The molecule has 0 saturated heterocycles. The summed E-state index contributed by atoms with van der Waals surface area (Å²) in [6.07, 6.45) is 50.2. The van der Waals surface area contributed by atoms with E-state index in [1.807, 2.05) is 0 Å². The molecule has 0 fully saturated rings. The van der Waals surface area contributed by atoms with Crippen LogP contribution >= 0.6 is 0 Å². The fraction of sp³-hybridized carbons (Fsp3) is 0.968. The molecule has 0 unspecified atom stereocenters. The van der Waals surface area contributed by atoms with Crippen LogP contribution in [0.2, 0.25) is 0 Å². The minimum atomic E-state index is -0.312. The van der Waals surface area contributed by atoms with Crippen molar-refractivity contribution in [1.29, 1.82) is 0 Å². The molecule has 0 heterocycles. The van der Waals surface area contributed by atoms with Gasteiger partial charge in [-0.05, 0) is 77.4 Å². The van der Waals surface area contributed by atoms with E-state index in [-0.39, 0.29) is 24.5 Å². The molecule has 0 amide bonds. The van der Waals surface area contributed by atoms with Crippen molar-refractivity contribution in [3.8, 4) is 0 Å². The van der Waals surface area contributed by atoms with E-state index < -0.39 is 0 Å². The zero-order valence-corrected chi connectivity index (χ0v) is 48.3. The zero-order chi connectivity index (χ0) is 51.6. The maximum absolute atomic E-state index is 12.6. The molecule has 0 radical (unpaired) electrons. The number of nitrogens with zero attached hydrogens (tertiary/aromatic N) is 1. The highest BCUT2D eigenvalue weighted by molar-refractivity contribution is 5.69. The third-order valence-corrected chi connectivity index (χ3v) is 14.0. The number of hydrogen-bond donors (Lipinski definition) is 0. The maximum Gasteiger partial charge on any atom is 0.305 e. The van der Waals surface area contributed by atoms with Crippen LogP contribution in [-0.4, -0.2) is 88.7 Å². The Hall–Kier alpha value is -1.26. The van der Waals surface area contributed by atoms with E-state index in [0.29, 0.717) is 65.3 Å². The molecule has 0 rings (SSSR count). The number of esters is 2. The molecule has 0 aliphatic carbocycles. The number of hydrogen-bond acceptors (Lipinski definition) is 9. The van der Waals surface area contributed by atoms with E-state index in [2.05, 4.69) is 39.5 Å². The number of ether oxygens (including phenoxy) is 6. The summed E-state index contributed by atoms with van der Waals surface area (Å²) in [6.45, 7) is 18.7. The normalized spacial score (nSPS) is 11.8. The van der Waals surface area contributed by atoms with Crippen molar-refractivity contribution in [3.63, 3.8) is 0 Å². The van der Waals surface area contributed by atoms with Crippen LogP contribution in [0.25, 0.3) is 0 Å². The Balaban J connectivity index is 4.26. The van der Waals surface area contributed by atoms with Crippen molar-refractivity contribution >= 4 is 11.9 Å². The average Bonchev–Trinajstić information content (AvgIpc) is 3.37. The summed E-state index contributed by atoms with van der Waals surface area (Å²) in [5.74, 6) is -0.253. The predicted octanol–water partition coefficient (Wildman–Crippen LogP) is 18.4. The van der Waals surface area contributed by atoms with Crippen molar-refractivity contribution < 1.29 is 38.0 Å². The molecule has 0 N–H and O–H groups in total. The van der Waals surface area contributed by atoms with Gasteiger partial charge in [0.2, 0.25) is 0 Å². The van der Waals surface area contributed by atoms with E-state index in [1.54, 1.807) is 0 Å². The van der Waals surface area contributed by atoms with Crippen molar-refractivity contribution in [3.05, 3.63) is 0 Å². The van der Waals surface area contributed by atoms with E-state index in [9.17, 15) is 9.59 Å². The monoisotopic (exact) mass is 1010 g/mol. The van der Waals surface area contributed by atoms with Crippen LogP contribution in [-0.2, 0) is 38.0 Å². The summed E-state index contributed by atoms with van der Waals surface area (Å²) in [5, 5.41) is 0. The largest absolute Gasteiger partial charge is 0.466 e. The molecule has 0 aromatic carbocycles.